The minimum absolute atomic E-state index is 0.0154. The number of aliphatic hydroxyl groups excluding tert-OH is 1. The standard InChI is InChI=1S/C29H50FIO9/c1-19-11-23(37-16-19)9-10-31(14-25(15-32)34-4)40-29(20(2)17-38-30)27-8-6-7-24(39-27)12-22(33)13-26-21(3)36-18-28(26)35-5/h20-21,23-29,32H,1,6-18H2,2-5H3/t20?,21-,23?,24+,25+,26?,27?,28?,29?/m0/s1. The number of ether oxygens (including phenoxy) is 5. The first kappa shape index (κ1) is 34.2. The second-order valence-corrected chi connectivity index (χ2v) is 16.2. The molecule has 234 valence electrons. The molecule has 6 unspecified atom stereocenters. The fourth-order valence-electron chi connectivity index (χ4n) is 5.75. The molecule has 9 atom stereocenters. The van der Waals surface area contributed by atoms with Crippen molar-refractivity contribution in [1.82, 2.24) is 0 Å². The first-order valence-corrected chi connectivity index (χ1v) is 18.5. The van der Waals surface area contributed by atoms with Crippen LogP contribution >= 0.6 is 20.2 Å². The van der Waals surface area contributed by atoms with Crippen LogP contribution in [0.4, 0.5) is 4.53 Å². The molecule has 0 aromatic heterocycles. The van der Waals surface area contributed by atoms with E-state index in [2.05, 4.69) is 11.5 Å². The first-order valence-electron chi connectivity index (χ1n) is 14.5. The molecule has 0 spiro atoms. The molecule has 0 bridgehead atoms. The quantitative estimate of drug-likeness (QED) is 0.128. The molecule has 1 N–H and O–H groups in total. The van der Waals surface area contributed by atoms with Crippen LogP contribution in [0.5, 0.6) is 0 Å². The summed E-state index contributed by atoms with van der Waals surface area (Å²) in [7, 11) is 3.25. The zero-order chi connectivity index (χ0) is 29.1. The molecule has 0 amide bonds. The van der Waals surface area contributed by atoms with Gasteiger partial charge in [-0.25, -0.2) is 0 Å². The van der Waals surface area contributed by atoms with Gasteiger partial charge in [-0.05, 0) is 0 Å². The molecule has 0 aliphatic carbocycles. The van der Waals surface area contributed by atoms with Crippen molar-refractivity contribution >= 4 is 26.0 Å². The van der Waals surface area contributed by atoms with Gasteiger partial charge in [0.25, 0.3) is 0 Å². The molecule has 3 aliphatic rings. The Hall–Kier alpha value is -0.250. The van der Waals surface area contributed by atoms with Crippen molar-refractivity contribution in [3.63, 3.8) is 0 Å². The van der Waals surface area contributed by atoms with Crippen molar-refractivity contribution in [3.05, 3.63) is 12.2 Å². The number of halogens is 2. The average Bonchev–Trinajstić information content (AvgIpc) is 3.52. The average molecular weight is 689 g/mol. The molecule has 0 aromatic rings. The summed E-state index contributed by atoms with van der Waals surface area (Å²) in [5.74, 6) is -0.0607. The zero-order valence-electron chi connectivity index (χ0n) is 24.6. The van der Waals surface area contributed by atoms with Crippen LogP contribution < -0.4 is 0 Å². The molecule has 3 rings (SSSR count). The normalized spacial score (nSPS) is 31.8. The summed E-state index contributed by atoms with van der Waals surface area (Å²) in [5.41, 5.74) is 1.10. The third kappa shape index (κ3) is 10.5. The Labute approximate surface area is 246 Å². The molecule has 3 saturated heterocycles. The van der Waals surface area contributed by atoms with Gasteiger partial charge in [-0.2, -0.15) is 0 Å². The number of carbonyl (C=O) groups is 1. The molecular formula is C29H50FIO9. The molecular weight excluding hydrogens is 638 g/mol. The summed E-state index contributed by atoms with van der Waals surface area (Å²) in [6.45, 7) is 8.85. The number of hydrogen-bond acceptors (Lipinski definition) is 9. The Bertz CT molecular complexity index is 770. The van der Waals surface area contributed by atoms with E-state index in [1.807, 2.05) is 13.8 Å². The van der Waals surface area contributed by atoms with Gasteiger partial charge in [-0.3, -0.25) is 0 Å². The molecule has 0 radical (unpaired) electrons. The van der Waals surface area contributed by atoms with Crippen LogP contribution in [0.2, 0.25) is 0 Å². The van der Waals surface area contributed by atoms with Crippen LogP contribution in [0.15, 0.2) is 12.2 Å². The van der Waals surface area contributed by atoms with Crippen LogP contribution in [-0.2, 0) is 36.5 Å². The van der Waals surface area contributed by atoms with Gasteiger partial charge in [-0.1, -0.05) is 0 Å². The van der Waals surface area contributed by atoms with Crippen LogP contribution in [0.3, 0.4) is 0 Å². The van der Waals surface area contributed by atoms with E-state index in [1.165, 1.54) is 0 Å². The van der Waals surface area contributed by atoms with Crippen molar-refractivity contribution in [2.24, 2.45) is 11.8 Å². The molecule has 3 heterocycles. The summed E-state index contributed by atoms with van der Waals surface area (Å²) in [5, 5.41) is 9.80. The fraction of sp³-hybridized carbons (Fsp3) is 0.897. The van der Waals surface area contributed by atoms with E-state index in [4.69, 9.17) is 26.8 Å². The van der Waals surface area contributed by atoms with E-state index in [9.17, 15) is 14.4 Å². The van der Waals surface area contributed by atoms with Crippen molar-refractivity contribution in [3.8, 4) is 0 Å². The Morgan fingerprint density at radius 2 is 2.02 bits per heavy atom. The summed E-state index contributed by atoms with van der Waals surface area (Å²) in [6, 6.07) is 0. The monoisotopic (exact) mass is 688 g/mol. The summed E-state index contributed by atoms with van der Waals surface area (Å²) in [4.78, 5) is 17.1. The van der Waals surface area contributed by atoms with E-state index >= 15 is 0 Å². The second-order valence-electron chi connectivity index (χ2n) is 11.4. The Balaban J connectivity index is 1.64. The summed E-state index contributed by atoms with van der Waals surface area (Å²) >= 11 is -2.17. The molecule has 3 aliphatic heterocycles. The Morgan fingerprint density at radius 3 is 2.67 bits per heavy atom. The van der Waals surface area contributed by atoms with Gasteiger partial charge in [0.2, 0.25) is 0 Å². The number of Topliss-reactive ketones (excluding diaryl/α,β-unsaturated/α-hetero) is 1. The Morgan fingerprint density at radius 1 is 1.23 bits per heavy atom. The number of hydrogen-bond donors (Lipinski definition) is 1. The number of aliphatic hydroxyl groups is 1. The number of rotatable bonds is 18. The van der Waals surface area contributed by atoms with Gasteiger partial charge in [0.1, 0.15) is 0 Å². The topological polar surface area (TPSA) is 102 Å². The molecule has 3 fully saturated rings. The molecule has 11 heteroatoms. The first-order chi connectivity index (χ1) is 19.3. The zero-order valence-corrected chi connectivity index (χ0v) is 26.7. The van der Waals surface area contributed by atoms with Crippen LogP contribution in [0.25, 0.3) is 0 Å². The Kier molecular flexibility index (Phi) is 15.2. The van der Waals surface area contributed by atoms with Crippen molar-refractivity contribution in [1.29, 1.82) is 0 Å². The van der Waals surface area contributed by atoms with E-state index in [0.29, 0.717) is 30.5 Å². The molecule has 40 heavy (non-hydrogen) atoms. The number of alkyl halides is 2. The summed E-state index contributed by atoms with van der Waals surface area (Å²) in [6.07, 6.45) is 3.79. The SMILES string of the molecule is C=C1COC(CCI(C[C@H](CO)OC)OC(C(C)COF)C2CCC[C@H](CC(=O)CC3C(OC)CO[C@H]3C)O2)C1. The number of methoxy groups -OCH3 is 2. The summed E-state index contributed by atoms with van der Waals surface area (Å²) < 4.78 is 50.4. The third-order valence-corrected chi connectivity index (χ3v) is 13.3. The predicted octanol–water partition coefficient (Wildman–Crippen LogP) is 4.41. The van der Waals surface area contributed by atoms with E-state index in [1.54, 1.807) is 14.2 Å². The maximum absolute atomic E-state index is 13.0. The fourth-order valence-corrected chi connectivity index (χ4v) is 11.4. The van der Waals surface area contributed by atoms with Crippen LogP contribution in [0, 0.1) is 11.8 Å². The van der Waals surface area contributed by atoms with Gasteiger partial charge in [0, 0.05) is 0 Å². The molecule has 9 nitrogen and oxygen atoms in total. The third-order valence-electron chi connectivity index (χ3n) is 8.25. The molecule has 0 aromatic carbocycles. The van der Waals surface area contributed by atoms with Gasteiger partial charge >= 0.3 is 247 Å². The van der Waals surface area contributed by atoms with E-state index < -0.39 is 20.2 Å². The van der Waals surface area contributed by atoms with Crippen molar-refractivity contribution in [2.75, 3.05) is 49.5 Å². The second kappa shape index (κ2) is 17.8. The maximum atomic E-state index is 13.0. The van der Waals surface area contributed by atoms with Gasteiger partial charge in [-0.15, -0.1) is 0 Å². The minimum atomic E-state index is -2.17. The van der Waals surface area contributed by atoms with Crippen molar-refractivity contribution < 1.29 is 46.1 Å². The number of ketones is 1. The van der Waals surface area contributed by atoms with Crippen molar-refractivity contribution in [2.45, 2.75) is 102 Å². The predicted molar refractivity (Wildman–Crippen MR) is 157 cm³/mol. The van der Waals surface area contributed by atoms with E-state index in [0.717, 1.165) is 42.1 Å². The van der Waals surface area contributed by atoms with Gasteiger partial charge in [0.15, 0.2) is 0 Å². The van der Waals surface area contributed by atoms with Gasteiger partial charge < -0.3 is 0 Å². The van der Waals surface area contributed by atoms with Crippen LogP contribution in [-0.4, -0.2) is 103 Å². The van der Waals surface area contributed by atoms with Crippen LogP contribution in [0.1, 0.15) is 58.8 Å². The van der Waals surface area contributed by atoms with E-state index in [-0.39, 0.29) is 73.6 Å². The number of carbonyl (C=O) groups excluding carboxylic acids is 1. The molecule has 0 saturated carbocycles. The van der Waals surface area contributed by atoms with Gasteiger partial charge in [0.05, 0.1) is 0 Å².